The van der Waals surface area contributed by atoms with Crippen molar-refractivity contribution >= 4 is 17.3 Å². The van der Waals surface area contributed by atoms with Crippen LogP contribution in [0.2, 0.25) is 0 Å². The number of aromatic nitrogens is 1. The van der Waals surface area contributed by atoms with Gasteiger partial charge < -0.3 is 10.2 Å². The van der Waals surface area contributed by atoms with Gasteiger partial charge in [-0.2, -0.15) is 13.8 Å². The molecule has 0 unspecified atom stereocenters. The van der Waals surface area contributed by atoms with Crippen LogP contribution in [0.25, 0.3) is 0 Å². The van der Waals surface area contributed by atoms with Gasteiger partial charge in [-0.3, -0.25) is 4.79 Å². The molecular weight excluding hydrogens is 264 g/mol. The van der Waals surface area contributed by atoms with Gasteiger partial charge in [-0.15, -0.1) is 0 Å². The number of rotatable bonds is 3. The second-order valence-electron chi connectivity index (χ2n) is 4.37. The third-order valence-electron chi connectivity index (χ3n) is 2.69. The lowest BCUT2D eigenvalue weighted by Crippen LogP contribution is -2.15. The second-order valence-corrected chi connectivity index (χ2v) is 4.37. The SMILES string of the molecule is CN(C)c1cccc(C(=O)Nc2ccc(F)nc2F)c1. The molecule has 0 spiro atoms. The molecule has 1 N–H and O–H groups in total. The molecule has 2 aromatic rings. The number of anilines is 2. The Labute approximate surface area is 115 Å². The fourth-order valence-corrected chi connectivity index (χ4v) is 1.63. The number of carbonyl (C=O) groups is 1. The van der Waals surface area contributed by atoms with Crippen LogP contribution in [-0.2, 0) is 0 Å². The monoisotopic (exact) mass is 277 g/mol. The normalized spacial score (nSPS) is 10.2. The summed E-state index contributed by atoms with van der Waals surface area (Å²) in [5, 5.41) is 2.36. The molecule has 6 heteroatoms. The van der Waals surface area contributed by atoms with Crippen molar-refractivity contribution in [3.05, 3.63) is 53.9 Å². The zero-order chi connectivity index (χ0) is 14.7. The lowest BCUT2D eigenvalue weighted by atomic mass is 10.2. The Morgan fingerprint density at radius 3 is 2.60 bits per heavy atom. The van der Waals surface area contributed by atoms with Gasteiger partial charge in [0, 0.05) is 25.3 Å². The lowest BCUT2D eigenvalue weighted by molar-refractivity contribution is 0.102. The number of nitrogens with zero attached hydrogens (tertiary/aromatic N) is 2. The minimum absolute atomic E-state index is 0.161. The molecule has 0 saturated heterocycles. The van der Waals surface area contributed by atoms with Gasteiger partial charge in [0.2, 0.25) is 11.9 Å². The quantitative estimate of drug-likeness (QED) is 0.877. The van der Waals surface area contributed by atoms with E-state index in [0.717, 1.165) is 17.8 Å². The Kier molecular flexibility index (Phi) is 3.93. The van der Waals surface area contributed by atoms with Crippen molar-refractivity contribution in [2.45, 2.75) is 0 Å². The molecule has 1 amide bonds. The van der Waals surface area contributed by atoms with Crippen LogP contribution in [-0.4, -0.2) is 25.0 Å². The number of benzene rings is 1. The van der Waals surface area contributed by atoms with E-state index in [4.69, 9.17) is 0 Å². The standard InChI is InChI=1S/C14H13F2N3O/c1-19(2)10-5-3-4-9(8-10)14(20)17-11-6-7-12(15)18-13(11)16/h3-8H,1-2H3,(H,17,20). The first-order chi connectivity index (χ1) is 9.47. The van der Waals surface area contributed by atoms with Crippen LogP contribution in [0.15, 0.2) is 36.4 Å². The van der Waals surface area contributed by atoms with Crippen LogP contribution in [0, 0.1) is 11.9 Å². The van der Waals surface area contributed by atoms with Crippen molar-refractivity contribution in [1.82, 2.24) is 4.98 Å². The van der Waals surface area contributed by atoms with Crippen LogP contribution >= 0.6 is 0 Å². The summed E-state index contributed by atoms with van der Waals surface area (Å²) in [7, 11) is 3.70. The van der Waals surface area contributed by atoms with Crippen molar-refractivity contribution in [3.8, 4) is 0 Å². The summed E-state index contributed by atoms with van der Waals surface area (Å²) >= 11 is 0. The van der Waals surface area contributed by atoms with Crippen LogP contribution in [0.4, 0.5) is 20.2 Å². The van der Waals surface area contributed by atoms with Gasteiger partial charge >= 0.3 is 0 Å². The fourth-order valence-electron chi connectivity index (χ4n) is 1.63. The van der Waals surface area contributed by atoms with Gasteiger partial charge in [0.1, 0.15) is 0 Å². The van der Waals surface area contributed by atoms with Gasteiger partial charge in [-0.05, 0) is 30.3 Å². The Hall–Kier alpha value is -2.50. The third kappa shape index (κ3) is 3.09. The topological polar surface area (TPSA) is 45.2 Å². The van der Waals surface area contributed by atoms with Crippen LogP contribution in [0.1, 0.15) is 10.4 Å². The molecule has 0 aliphatic rings. The number of halogens is 2. The van der Waals surface area contributed by atoms with Crippen molar-refractivity contribution in [2.24, 2.45) is 0 Å². The summed E-state index contributed by atoms with van der Waals surface area (Å²) in [6.07, 6.45) is 0. The van der Waals surface area contributed by atoms with E-state index in [9.17, 15) is 13.6 Å². The largest absolute Gasteiger partial charge is 0.378 e. The van der Waals surface area contributed by atoms with E-state index in [-0.39, 0.29) is 5.69 Å². The fraction of sp³-hybridized carbons (Fsp3) is 0.143. The average Bonchev–Trinajstić information content (AvgIpc) is 2.42. The number of hydrogen-bond donors (Lipinski definition) is 1. The lowest BCUT2D eigenvalue weighted by Gasteiger charge is -2.13. The summed E-state index contributed by atoms with van der Waals surface area (Å²) in [6, 6.07) is 8.96. The summed E-state index contributed by atoms with van der Waals surface area (Å²) in [5.41, 5.74) is 1.06. The van der Waals surface area contributed by atoms with Crippen LogP contribution in [0.5, 0.6) is 0 Å². The maximum absolute atomic E-state index is 13.4. The summed E-state index contributed by atoms with van der Waals surface area (Å²) < 4.78 is 26.0. The van der Waals surface area contributed by atoms with Crippen LogP contribution < -0.4 is 10.2 Å². The molecular formula is C14H13F2N3O. The minimum atomic E-state index is -1.05. The molecule has 2 rings (SSSR count). The Morgan fingerprint density at radius 2 is 1.95 bits per heavy atom. The summed E-state index contributed by atoms with van der Waals surface area (Å²) in [4.78, 5) is 16.9. The van der Waals surface area contributed by atoms with Crippen molar-refractivity contribution in [1.29, 1.82) is 0 Å². The maximum Gasteiger partial charge on any atom is 0.255 e. The van der Waals surface area contributed by atoms with Crippen molar-refractivity contribution < 1.29 is 13.6 Å². The first-order valence-electron chi connectivity index (χ1n) is 5.88. The van der Waals surface area contributed by atoms with Gasteiger partial charge in [0.15, 0.2) is 0 Å². The molecule has 0 bridgehead atoms. The van der Waals surface area contributed by atoms with Crippen molar-refractivity contribution in [2.75, 3.05) is 24.3 Å². The molecule has 0 saturated carbocycles. The highest BCUT2D eigenvalue weighted by atomic mass is 19.1. The predicted molar refractivity (Wildman–Crippen MR) is 72.9 cm³/mol. The number of hydrogen-bond acceptors (Lipinski definition) is 3. The molecule has 0 aliphatic carbocycles. The molecule has 20 heavy (non-hydrogen) atoms. The molecule has 0 fully saturated rings. The molecule has 0 atom stereocenters. The second kappa shape index (κ2) is 5.64. The van der Waals surface area contributed by atoms with E-state index >= 15 is 0 Å². The van der Waals surface area contributed by atoms with E-state index in [0.29, 0.717) is 5.56 Å². The molecule has 4 nitrogen and oxygen atoms in total. The molecule has 1 heterocycles. The minimum Gasteiger partial charge on any atom is -0.378 e. The molecule has 104 valence electrons. The molecule has 0 aliphatic heterocycles. The predicted octanol–water partition coefficient (Wildman–Crippen LogP) is 2.68. The Morgan fingerprint density at radius 1 is 1.20 bits per heavy atom. The van der Waals surface area contributed by atoms with Gasteiger partial charge in [-0.1, -0.05) is 6.07 Å². The van der Waals surface area contributed by atoms with E-state index < -0.39 is 17.8 Å². The van der Waals surface area contributed by atoms with E-state index in [1.807, 2.05) is 25.1 Å². The van der Waals surface area contributed by atoms with Gasteiger partial charge in [0.25, 0.3) is 5.91 Å². The van der Waals surface area contributed by atoms with Gasteiger partial charge in [-0.25, -0.2) is 0 Å². The smallest absolute Gasteiger partial charge is 0.255 e. The van der Waals surface area contributed by atoms with Crippen molar-refractivity contribution in [3.63, 3.8) is 0 Å². The summed E-state index contributed by atoms with van der Waals surface area (Å²) in [5.74, 6) is -2.47. The Bertz CT molecular complexity index is 644. The zero-order valence-corrected chi connectivity index (χ0v) is 11.0. The first-order valence-corrected chi connectivity index (χ1v) is 5.88. The highest BCUT2D eigenvalue weighted by molar-refractivity contribution is 6.04. The van der Waals surface area contributed by atoms with E-state index in [2.05, 4.69) is 10.3 Å². The number of pyridine rings is 1. The first kappa shape index (κ1) is 13.9. The van der Waals surface area contributed by atoms with E-state index in [1.54, 1.807) is 18.2 Å². The number of nitrogens with one attached hydrogen (secondary N) is 1. The maximum atomic E-state index is 13.4. The average molecular weight is 277 g/mol. The molecule has 1 aromatic carbocycles. The van der Waals surface area contributed by atoms with E-state index in [1.165, 1.54) is 0 Å². The highest BCUT2D eigenvalue weighted by Crippen LogP contribution is 2.16. The highest BCUT2D eigenvalue weighted by Gasteiger charge is 2.11. The molecule has 1 aromatic heterocycles. The third-order valence-corrected chi connectivity index (χ3v) is 2.69. The molecule has 0 radical (unpaired) electrons. The van der Waals surface area contributed by atoms with Gasteiger partial charge in [0.05, 0.1) is 5.69 Å². The van der Waals surface area contributed by atoms with Crippen LogP contribution in [0.3, 0.4) is 0 Å². The number of amides is 1. The number of carbonyl (C=O) groups excluding carboxylic acids is 1. The Balaban J connectivity index is 2.21. The summed E-state index contributed by atoms with van der Waals surface area (Å²) in [6.45, 7) is 0. The zero-order valence-electron chi connectivity index (χ0n) is 11.0.